The van der Waals surface area contributed by atoms with Crippen molar-refractivity contribution in [1.29, 1.82) is 0 Å². The number of rotatable bonds is 6. The molecule has 19 heavy (non-hydrogen) atoms. The van der Waals surface area contributed by atoms with E-state index in [4.69, 9.17) is 10.8 Å². The van der Waals surface area contributed by atoms with Crippen LogP contribution in [0.5, 0.6) is 0 Å². The highest BCUT2D eigenvalue weighted by atomic mass is 16.4. The average molecular weight is 264 g/mol. The molecule has 1 amide bonds. The molecule has 0 heterocycles. The van der Waals surface area contributed by atoms with Gasteiger partial charge < -0.3 is 15.7 Å². The van der Waals surface area contributed by atoms with Gasteiger partial charge in [0, 0.05) is 13.1 Å². The number of carbonyl (C=O) groups excluding carboxylic acids is 1. The van der Waals surface area contributed by atoms with E-state index in [-0.39, 0.29) is 18.4 Å². The van der Waals surface area contributed by atoms with Gasteiger partial charge in [0.15, 0.2) is 0 Å². The molecule has 0 aliphatic rings. The molecule has 2 atom stereocenters. The van der Waals surface area contributed by atoms with E-state index in [1.54, 1.807) is 7.05 Å². The number of aliphatic carboxylic acids is 1. The van der Waals surface area contributed by atoms with Gasteiger partial charge in [-0.15, -0.1) is 0 Å². The summed E-state index contributed by atoms with van der Waals surface area (Å²) in [5.74, 6) is -1.41. The van der Waals surface area contributed by atoms with Crippen LogP contribution in [0.3, 0.4) is 0 Å². The van der Waals surface area contributed by atoms with Crippen LogP contribution in [0.4, 0.5) is 0 Å². The standard InChI is InChI=1S/C14H20N2O3/c1-10(8-11-6-4-3-5-7-11)16(2)14(19)12(15)9-13(17)18/h3-7,10,12H,8-9,15H2,1-2H3,(H,17,18)/t10-,12-/m1/s1. The molecule has 0 radical (unpaired) electrons. The van der Waals surface area contributed by atoms with Crippen LogP contribution in [0.25, 0.3) is 0 Å². The summed E-state index contributed by atoms with van der Waals surface area (Å²) in [6.45, 7) is 1.92. The fraction of sp³-hybridized carbons (Fsp3) is 0.429. The molecule has 1 rings (SSSR count). The van der Waals surface area contributed by atoms with Crippen molar-refractivity contribution in [1.82, 2.24) is 4.90 Å². The van der Waals surface area contributed by atoms with Gasteiger partial charge in [-0.25, -0.2) is 0 Å². The van der Waals surface area contributed by atoms with Crippen molar-refractivity contribution in [3.8, 4) is 0 Å². The number of likely N-dealkylation sites (N-methyl/N-ethyl adjacent to an activating group) is 1. The Bertz CT molecular complexity index is 434. The second-order valence-electron chi connectivity index (χ2n) is 4.69. The fourth-order valence-electron chi connectivity index (χ4n) is 1.85. The maximum Gasteiger partial charge on any atom is 0.305 e. The summed E-state index contributed by atoms with van der Waals surface area (Å²) >= 11 is 0. The Hall–Kier alpha value is -1.88. The normalized spacial score (nSPS) is 13.6. The number of hydrogen-bond acceptors (Lipinski definition) is 3. The molecule has 0 spiro atoms. The van der Waals surface area contributed by atoms with Crippen LogP contribution in [-0.2, 0) is 16.0 Å². The van der Waals surface area contributed by atoms with Crippen molar-refractivity contribution in [3.63, 3.8) is 0 Å². The van der Waals surface area contributed by atoms with Gasteiger partial charge in [-0.05, 0) is 18.9 Å². The van der Waals surface area contributed by atoms with E-state index >= 15 is 0 Å². The molecule has 1 aromatic rings. The van der Waals surface area contributed by atoms with Crippen LogP contribution >= 0.6 is 0 Å². The smallest absolute Gasteiger partial charge is 0.305 e. The number of carboxylic acids is 1. The maximum atomic E-state index is 11.9. The molecule has 1 aromatic carbocycles. The van der Waals surface area contributed by atoms with E-state index in [2.05, 4.69) is 0 Å². The van der Waals surface area contributed by atoms with E-state index < -0.39 is 12.0 Å². The molecule has 0 unspecified atom stereocenters. The third-order valence-electron chi connectivity index (χ3n) is 3.09. The molecule has 0 saturated heterocycles. The quantitative estimate of drug-likeness (QED) is 0.799. The summed E-state index contributed by atoms with van der Waals surface area (Å²) in [7, 11) is 1.65. The third-order valence-corrected chi connectivity index (χ3v) is 3.09. The topological polar surface area (TPSA) is 83.6 Å². The number of carboxylic acid groups (broad SMARTS) is 1. The lowest BCUT2D eigenvalue weighted by molar-refractivity contribution is -0.142. The molecule has 5 heteroatoms. The lowest BCUT2D eigenvalue weighted by Crippen LogP contribution is -2.47. The zero-order valence-electron chi connectivity index (χ0n) is 11.2. The lowest BCUT2D eigenvalue weighted by Gasteiger charge is -2.27. The monoisotopic (exact) mass is 264 g/mol. The van der Waals surface area contributed by atoms with E-state index in [0.717, 1.165) is 5.56 Å². The Kier molecular flexibility index (Phi) is 5.51. The van der Waals surface area contributed by atoms with Gasteiger partial charge in [-0.3, -0.25) is 9.59 Å². The molecule has 3 N–H and O–H groups in total. The first-order chi connectivity index (χ1) is 8.91. The van der Waals surface area contributed by atoms with Crippen LogP contribution in [0, 0.1) is 0 Å². The minimum atomic E-state index is -1.06. The van der Waals surface area contributed by atoms with Crippen molar-refractivity contribution in [2.24, 2.45) is 5.73 Å². The largest absolute Gasteiger partial charge is 0.481 e. The number of benzene rings is 1. The summed E-state index contributed by atoms with van der Waals surface area (Å²) in [5, 5.41) is 8.64. The number of hydrogen-bond donors (Lipinski definition) is 2. The van der Waals surface area contributed by atoms with Gasteiger partial charge in [0.05, 0.1) is 12.5 Å². The molecule has 0 aliphatic carbocycles. The van der Waals surface area contributed by atoms with E-state index in [9.17, 15) is 9.59 Å². The Morgan fingerprint density at radius 2 is 1.89 bits per heavy atom. The zero-order valence-corrected chi connectivity index (χ0v) is 11.2. The highest BCUT2D eigenvalue weighted by Gasteiger charge is 2.23. The molecule has 0 fully saturated rings. The van der Waals surface area contributed by atoms with Gasteiger partial charge in [0.1, 0.15) is 0 Å². The molecular weight excluding hydrogens is 244 g/mol. The van der Waals surface area contributed by atoms with Crippen LogP contribution in [0.1, 0.15) is 18.9 Å². The summed E-state index contributed by atoms with van der Waals surface area (Å²) in [5.41, 5.74) is 6.70. The van der Waals surface area contributed by atoms with E-state index in [1.165, 1.54) is 4.90 Å². The fourth-order valence-corrected chi connectivity index (χ4v) is 1.85. The predicted octanol–water partition coefficient (Wildman–Crippen LogP) is 0.878. The molecule has 0 bridgehead atoms. The Morgan fingerprint density at radius 1 is 1.32 bits per heavy atom. The average Bonchev–Trinajstić information content (AvgIpc) is 2.37. The first-order valence-electron chi connectivity index (χ1n) is 6.19. The van der Waals surface area contributed by atoms with Crippen LogP contribution < -0.4 is 5.73 Å². The Labute approximate surface area is 113 Å². The molecule has 0 saturated carbocycles. The highest BCUT2D eigenvalue weighted by molar-refractivity contribution is 5.86. The Balaban J connectivity index is 2.59. The van der Waals surface area contributed by atoms with E-state index in [0.29, 0.717) is 6.42 Å². The highest BCUT2D eigenvalue weighted by Crippen LogP contribution is 2.09. The summed E-state index contributed by atoms with van der Waals surface area (Å²) in [6, 6.07) is 8.79. The van der Waals surface area contributed by atoms with Crippen LogP contribution in [0.15, 0.2) is 30.3 Å². The van der Waals surface area contributed by atoms with Gasteiger partial charge in [0.2, 0.25) is 5.91 Å². The molecule has 0 aromatic heterocycles. The van der Waals surface area contributed by atoms with Gasteiger partial charge in [0.25, 0.3) is 0 Å². The molecular formula is C14H20N2O3. The zero-order chi connectivity index (χ0) is 14.4. The van der Waals surface area contributed by atoms with Gasteiger partial charge in [-0.2, -0.15) is 0 Å². The van der Waals surface area contributed by atoms with Crippen molar-refractivity contribution in [2.45, 2.75) is 31.8 Å². The third kappa shape index (κ3) is 4.71. The van der Waals surface area contributed by atoms with E-state index in [1.807, 2.05) is 37.3 Å². The van der Waals surface area contributed by atoms with Gasteiger partial charge in [-0.1, -0.05) is 30.3 Å². The first-order valence-corrected chi connectivity index (χ1v) is 6.19. The summed E-state index contributed by atoms with van der Waals surface area (Å²) in [6.07, 6.45) is 0.365. The number of nitrogens with zero attached hydrogens (tertiary/aromatic N) is 1. The first kappa shape index (κ1) is 15.2. The van der Waals surface area contributed by atoms with Crippen molar-refractivity contribution in [2.75, 3.05) is 7.05 Å². The molecule has 5 nitrogen and oxygen atoms in total. The minimum absolute atomic E-state index is 0.0326. The second kappa shape index (κ2) is 6.89. The molecule has 104 valence electrons. The lowest BCUT2D eigenvalue weighted by atomic mass is 10.1. The van der Waals surface area contributed by atoms with Crippen molar-refractivity contribution < 1.29 is 14.7 Å². The Morgan fingerprint density at radius 3 is 2.42 bits per heavy atom. The summed E-state index contributed by atoms with van der Waals surface area (Å²) < 4.78 is 0. The SMILES string of the molecule is C[C@H](Cc1ccccc1)N(C)C(=O)[C@H](N)CC(=O)O. The number of amides is 1. The van der Waals surface area contributed by atoms with Crippen LogP contribution in [0.2, 0.25) is 0 Å². The number of carbonyl (C=O) groups is 2. The number of nitrogens with two attached hydrogens (primary N) is 1. The van der Waals surface area contributed by atoms with Crippen molar-refractivity contribution in [3.05, 3.63) is 35.9 Å². The van der Waals surface area contributed by atoms with Gasteiger partial charge >= 0.3 is 5.97 Å². The molecule has 0 aliphatic heterocycles. The maximum absolute atomic E-state index is 11.9. The van der Waals surface area contributed by atoms with Crippen LogP contribution in [-0.4, -0.2) is 41.0 Å². The second-order valence-corrected chi connectivity index (χ2v) is 4.69. The summed E-state index contributed by atoms with van der Waals surface area (Å²) in [4.78, 5) is 24.0. The predicted molar refractivity (Wildman–Crippen MR) is 72.6 cm³/mol. The van der Waals surface area contributed by atoms with Crippen molar-refractivity contribution >= 4 is 11.9 Å². The minimum Gasteiger partial charge on any atom is -0.481 e.